The average Bonchev–Trinajstić information content (AvgIpc) is 3.11. The van der Waals surface area contributed by atoms with Gasteiger partial charge in [-0.05, 0) is 43.3 Å². The number of carboxylic acids is 1. The lowest BCUT2D eigenvalue weighted by molar-refractivity contribution is 0.0697. The smallest absolute Gasteiger partial charge is 0.335 e. The van der Waals surface area contributed by atoms with E-state index in [2.05, 4.69) is 21.9 Å². The highest BCUT2D eigenvalue weighted by atomic mass is 32.1. The van der Waals surface area contributed by atoms with Crippen LogP contribution < -0.4 is 9.54 Å². The van der Waals surface area contributed by atoms with E-state index in [9.17, 15) is 4.79 Å². The second-order valence-electron chi connectivity index (χ2n) is 5.98. The van der Waals surface area contributed by atoms with Crippen molar-refractivity contribution in [2.24, 2.45) is 4.99 Å². The average molecular weight is 398 g/mol. The number of methoxy groups -OCH3 is 1. The number of nitrogens with zero attached hydrogens (tertiary/aromatic N) is 2. The molecule has 7 heteroatoms. The van der Waals surface area contributed by atoms with Gasteiger partial charge in [-0.15, -0.1) is 11.3 Å². The van der Waals surface area contributed by atoms with E-state index in [1.807, 2.05) is 24.3 Å². The first kappa shape index (κ1) is 19.9. The second kappa shape index (κ2) is 9.34. The minimum absolute atomic E-state index is 0.250. The number of ether oxygens (including phenoxy) is 2. The quantitative estimate of drug-likeness (QED) is 0.578. The maximum Gasteiger partial charge on any atom is 0.335 e. The molecule has 0 unspecified atom stereocenters. The van der Waals surface area contributed by atoms with Crippen LogP contribution in [-0.2, 0) is 11.3 Å². The van der Waals surface area contributed by atoms with E-state index in [1.54, 1.807) is 42.7 Å². The number of carboxylic acid groups (broad SMARTS) is 1. The molecule has 0 saturated carbocycles. The van der Waals surface area contributed by atoms with Crippen molar-refractivity contribution in [1.29, 1.82) is 0 Å². The molecule has 1 N–H and O–H groups in total. The number of rotatable bonds is 8. The van der Waals surface area contributed by atoms with Gasteiger partial charge in [-0.1, -0.05) is 12.1 Å². The molecule has 0 amide bonds. The van der Waals surface area contributed by atoms with Crippen molar-refractivity contribution in [1.82, 2.24) is 4.57 Å². The van der Waals surface area contributed by atoms with Crippen LogP contribution in [0.15, 0.2) is 58.9 Å². The van der Waals surface area contributed by atoms with Crippen LogP contribution in [0.25, 0.3) is 11.3 Å². The van der Waals surface area contributed by atoms with Crippen LogP contribution in [0.2, 0.25) is 0 Å². The van der Waals surface area contributed by atoms with Gasteiger partial charge in [0.1, 0.15) is 12.4 Å². The first-order valence-electron chi connectivity index (χ1n) is 8.91. The fraction of sp³-hybridized carbons (Fsp3) is 0.238. The third-order valence-corrected chi connectivity index (χ3v) is 5.00. The van der Waals surface area contributed by atoms with E-state index >= 15 is 0 Å². The summed E-state index contributed by atoms with van der Waals surface area (Å²) < 4.78 is 12.9. The van der Waals surface area contributed by atoms with E-state index in [-0.39, 0.29) is 5.56 Å². The van der Waals surface area contributed by atoms with Crippen molar-refractivity contribution in [3.8, 4) is 17.0 Å². The number of hydrogen-bond acceptors (Lipinski definition) is 5. The molecule has 0 aliphatic rings. The van der Waals surface area contributed by atoms with Crippen molar-refractivity contribution in [2.75, 3.05) is 20.3 Å². The zero-order valence-electron chi connectivity index (χ0n) is 15.8. The Morgan fingerprint density at radius 3 is 2.64 bits per heavy atom. The Morgan fingerprint density at radius 2 is 1.96 bits per heavy atom. The third-order valence-electron chi connectivity index (χ3n) is 4.14. The van der Waals surface area contributed by atoms with E-state index in [0.717, 1.165) is 34.0 Å². The monoisotopic (exact) mass is 398 g/mol. The molecule has 28 heavy (non-hydrogen) atoms. The van der Waals surface area contributed by atoms with Crippen molar-refractivity contribution in [3.05, 3.63) is 64.3 Å². The number of aromatic carboxylic acids is 1. The van der Waals surface area contributed by atoms with Crippen molar-refractivity contribution in [2.45, 2.75) is 13.5 Å². The molecular weight excluding hydrogens is 376 g/mol. The highest BCUT2D eigenvalue weighted by Crippen LogP contribution is 2.25. The predicted molar refractivity (Wildman–Crippen MR) is 109 cm³/mol. The van der Waals surface area contributed by atoms with Gasteiger partial charge in [-0.3, -0.25) is 0 Å². The molecule has 2 aromatic carbocycles. The van der Waals surface area contributed by atoms with Crippen molar-refractivity contribution >= 4 is 23.0 Å². The summed E-state index contributed by atoms with van der Waals surface area (Å²) in [5.74, 6) is -0.146. The van der Waals surface area contributed by atoms with Crippen LogP contribution in [0.3, 0.4) is 0 Å². The number of hydrogen-bond donors (Lipinski definition) is 1. The van der Waals surface area contributed by atoms with Gasteiger partial charge < -0.3 is 19.1 Å². The molecule has 3 aromatic rings. The summed E-state index contributed by atoms with van der Waals surface area (Å²) in [5, 5.41) is 11.1. The van der Waals surface area contributed by atoms with Crippen LogP contribution in [0.4, 0.5) is 5.69 Å². The lowest BCUT2D eigenvalue weighted by Gasteiger charge is -2.09. The molecule has 1 aromatic heterocycles. The Bertz CT molecular complexity index is 1010. The minimum Gasteiger partial charge on any atom is -0.491 e. The van der Waals surface area contributed by atoms with Gasteiger partial charge >= 0.3 is 5.97 Å². The van der Waals surface area contributed by atoms with Crippen LogP contribution in [-0.4, -0.2) is 36.0 Å². The zero-order valence-corrected chi connectivity index (χ0v) is 16.6. The normalized spacial score (nSPS) is 11.6. The molecule has 0 saturated heterocycles. The molecule has 6 nitrogen and oxygen atoms in total. The van der Waals surface area contributed by atoms with Crippen LogP contribution >= 0.6 is 11.3 Å². The number of aromatic nitrogens is 1. The molecule has 146 valence electrons. The Kier molecular flexibility index (Phi) is 6.62. The van der Waals surface area contributed by atoms with Crippen LogP contribution in [0.1, 0.15) is 17.3 Å². The first-order valence-corrected chi connectivity index (χ1v) is 9.79. The maximum atomic E-state index is 11.0. The third kappa shape index (κ3) is 4.68. The Hall–Kier alpha value is -2.90. The topological polar surface area (TPSA) is 73.0 Å². The van der Waals surface area contributed by atoms with Gasteiger partial charge in [0.05, 0.1) is 23.6 Å². The summed E-state index contributed by atoms with van der Waals surface area (Å²) >= 11 is 1.55. The Balaban J connectivity index is 1.92. The van der Waals surface area contributed by atoms with E-state index in [0.29, 0.717) is 13.2 Å². The van der Waals surface area contributed by atoms with Crippen LogP contribution in [0, 0.1) is 0 Å². The SMILES string of the molecule is CCn1c(-c2cccc(OCCOC)c2)cs/c1=N\c1ccc(C(=O)O)cc1. The summed E-state index contributed by atoms with van der Waals surface area (Å²) in [4.78, 5) is 16.5. The predicted octanol–water partition coefficient (Wildman–Crippen LogP) is 4.19. The number of thiazole rings is 1. The van der Waals surface area contributed by atoms with Gasteiger partial charge in [0.15, 0.2) is 4.80 Å². The molecule has 0 aliphatic carbocycles. The zero-order chi connectivity index (χ0) is 19.9. The first-order chi connectivity index (χ1) is 13.6. The summed E-state index contributed by atoms with van der Waals surface area (Å²) in [6, 6.07) is 14.5. The number of benzene rings is 2. The largest absolute Gasteiger partial charge is 0.491 e. The maximum absolute atomic E-state index is 11.0. The van der Waals surface area contributed by atoms with E-state index in [1.165, 1.54) is 0 Å². The van der Waals surface area contributed by atoms with Gasteiger partial charge in [0.25, 0.3) is 0 Å². The fourth-order valence-electron chi connectivity index (χ4n) is 2.73. The summed E-state index contributed by atoms with van der Waals surface area (Å²) in [6.45, 7) is 3.88. The van der Waals surface area contributed by atoms with Gasteiger partial charge in [0.2, 0.25) is 0 Å². The molecular formula is C21H22N2O4S. The molecule has 0 bridgehead atoms. The second-order valence-corrected chi connectivity index (χ2v) is 6.82. The molecule has 0 atom stereocenters. The lowest BCUT2D eigenvalue weighted by atomic mass is 10.1. The van der Waals surface area contributed by atoms with E-state index in [4.69, 9.17) is 14.6 Å². The van der Waals surface area contributed by atoms with Crippen molar-refractivity contribution in [3.63, 3.8) is 0 Å². The van der Waals surface area contributed by atoms with Crippen LogP contribution in [0.5, 0.6) is 5.75 Å². The Morgan fingerprint density at radius 1 is 1.18 bits per heavy atom. The van der Waals surface area contributed by atoms with E-state index < -0.39 is 5.97 Å². The standard InChI is InChI=1S/C21H22N2O4S/c1-3-23-19(16-5-4-6-18(13-16)27-12-11-26-2)14-28-21(23)22-17-9-7-15(8-10-17)20(24)25/h4-10,13-14H,3,11-12H2,1-2H3,(H,24,25)/b22-21-. The summed E-state index contributed by atoms with van der Waals surface area (Å²) in [7, 11) is 1.65. The number of carbonyl (C=O) groups is 1. The van der Waals surface area contributed by atoms with Gasteiger partial charge in [0, 0.05) is 24.6 Å². The molecule has 0 aliphatic heterocycles. The highest BCUT2D eigenvalue weighted by molar-refractivity contribution is 7.07. The molecule has 0 spiro atoms. The van der Waals surface area contributed by atoms with Gasteiger partial charge in [-0.25, -0.2) is 9.79 Å². The minimum atomic E-state index is -0.943. The summed E-state index contributed by atoms with van der Waals surface area (Å²) in [6.07, 6.45) is 0. The Labute approximate surface area is 167 Å². The lowest BCUT2D eigenvalue weighted by Crippen LogP contribution is -2.14. The van der Waals surface area contributed by atoms with Crippen molar-refractivity contribution < 1.29 is 19.4 Å². The fourth-order valence-corrected chi connectivity index (χ4v) is 3.73. The summed E-state index contributed by atoms with van der Waals surface area (Å²) in [5.41, 5.74) is 3.08. The van der Waals surface area contributed by atoms with Gasteiger partial charge in [-0.2, -0.15) is 0 Å². The molecule has 0 radical (unpaired) electrons. The molecule has 1 heterocycles. The molecule has 0 fully saturated rings. The highest BCUT2D eigenvalue weighted by Gasteiger charge is 2.08. The molecule has 3 rings (SSSR count).